The number of benzene rings is 1. The Morgan fingerprint density at radius 3 is 2.16 bits per heavy atom. The van der Waals surface area contributed by atoms with Crippen LogP contribution in [0.25, 0.3) is 0 Å². The largest absolute Gasteiger partial charge is 0.416 e. The standard InChI is InChI=1S/C24H37F3N2O2S/c1-4-17-28(2)18-7-5-6-8-20-9-11-21(12-10-20)19-29(3)32(30,31)23-15-13-22(14-16-23)24(25,26)27/h4,13-16,20-21H,1,5-12,17-19H2,2-3H3/t20-,21-. The predicted octanol–water partition coefficient (Wildman–Crippen LogP) is 5.81. The van der Waals surface area contributed by atoms with Crippen molar-refractivity contribution in [1.82, 2.24) is 9.21 Å². The zero-order valence-electron chi connectivity index (χ0n) is 19.3. The Labute approximate surface area is 191 Å². The normalized spacial score (nSPS) is 20.1. The molecule has 0 N–H and O–H groups in total. The van der Waals surface area contributed by atoms with Crippen LogP contribution in [0.1, 0.15) is 56.9 Å². The lowest BCUT2D eigenvalue weighted by molar-refractivity contribution is -0.137. The monoisotopic (exact) mass is 474 g/mol. The van der Waals surface area contributed by atoms with Gasteiger partial charge in [-0.1, -0.05) is 38.2 Å². The Morgan fingerprint density at radius 1 is 1.00 bits per heavy atom. The number of unbranched alkanes of at least 4 members (excludes halogenated alkanes) is 2. The zero-order valence-corrected chi connectivity index (χ0v) is 20.1. The number of nitrogens with zero attached hydrogens (tertiary/aromatic N) is 2. The second-order valence-corrected chi connectivity index (χ2v) is 11.1. The number of likely N-dealkylation sites (N-methyl/N-ethyl adjacent to an activating group) is 1. The lowest BCUT2D eigenvalue weighted by Gasteiger charge is -2.31. The number of halogens is 3. The second-order valence-electron chi connectivity index (χ2n) is 9.09. The molecular weight excluding hydrogens is 437 g/mol. The molecule has 0 heterocycles. The van der Waals surface area contributed by atoms with Crippen LogP contribution in [0.15, 0.2) is 41.8 Å². The van der Waals surface area contributed by atoms with Crippen LogP contribution in [-0.4, -0.2) is 51.4 Å². The molecule has 0 bridgehead atoms. The maximum Gasteiger partial charge on any atom is 0.416 e. The molecule has 1 saturated carbocycles. The van der Waals surface area contributed by atoms with Gasteiger partial charge >= 0.3 is 6.18 Å². The van der Waals surface area contributed by atoms with E-state index in [0.29, 0.717) is 18.4 Å². The smallest absolute Gasteiger partial charge is 0.303 e. The highest BCUT2D eigenvalue weighted by atomic mass is 32.2. The van der Waals surface area contributed by atoms with E-state index in [1.165, 1.54) is 37.0 Å². The fraction of sp³-hybridized carbons (Fsp3) is 0.667. The molecule has 1 aromatic carbocycles. The topological polar surface area (TPSA) is 40.6 Å². The molecule has 1 fully saturated rings. The highest BCUT2D eigenvalue weighted by Gasteiger charge is 2.32. The Morgan fingerprint density at radius 2 is 1.59 bits per heavy atom. The summed E-state index contributed by atoms with van der Waals surface area (Å²) in [5.74, 6) is 1.02. The highest BCUT2D eigenvalue weighted by Crippen LogP contribution is 2.34. The summed E-state index contributed by atoms with van der Waals surface area (Å²) in [5.41, 5.74) is -0.846. The summed E-state index contributed by atoms with van der Waals surface area (Å²) in [6, 6.07) is 3.73. The number of alkyl halides is 3. The molecule has 32 heavy (non-hydrogen) atoms. The third kappa shape index (κ3) is 8.19. The molecule has 1 aliphatic carbocycles. The van der Waals surface area contributed by atoms with Gasteiger partial charge in [-0.3, -0.25) is 0 Å². The van der Waals surface area contributed by atoms with Crippen LogP contribution in [0.3, 0.4) is 0 Å². The molecule has 1 aromatic rings. The summed E-state index contributed by atoms with van der Waals surface area (Å²) in [7, 11) is -0.165. The van der Waals surface area contributed by atoms with E-state index in [0.717, 1.165) is 63.0 Å². The van der Waals surface area contributed by atoms with Gasteiger partial charge in [0.05, 0.1) is 10.5 Å². The molecule has 0 amide bonds. The number of sulfonamides is 1. The Kier molecular flexibility index (Phi) is 10.2. The first-order chi connectivity index (χ1) is 15.0. The van der Waals surface area contributed by atoms with Crippen LogP contribution >= 0.6 is 0 Å². The number of rotatable bonds is 12. The van der Waals surface area contributed by atoms with Gasteiger partial charge in [0.15, 0.2) is 0 Å². The van der Waals surface area contributed by atoms with Crippen LogP contribution in [-0.2, 0) is 16.2 Å². The van der Waals surface area contributed by atoms with Crippen molar-refractivity contribution in [3.05, 3.63) is 42.5 Å². The van der Waals surface area contributed by atoms with E-state index >= 15 is 0 Å². The van der Waals surface area contributed by atoms with Crippen molar-refractivity contribution in [3.63, 3.8) is 0 Å². The van der Waals surface area contributed by atoms with Crippen molar-refractivity contribution in [2.45, 2.75) is 62.4 Å². The fourth-order valence-electron chi connectivity index (χ4n) is 4.46. The van der Waals surface area contributed by atoms with Crippen molar-refractivity contribution in [1.29, 1.82) is 0 Å². The molecule has 1 aliphatic rings. The average molecular weight is 475 g/mol. The molecule has 2 rings (SSSR count). The SMILES string of the molecule is C=CCN(C)CCCCC[C@H]1CC[C@H](CN(C)S(=O)(=O)c2ccc(C(F)(F)F)cc2)CC1. The first-order valence-corrected chi connectivity index (χ1v) is 12.9. The van der Waals surface area contributed by atoms with Gasteiger partial charge in [-0.15, -0.1) is 6.58 Å². The van der Waals surface area contributed by atoms with E-state index < -0.39 is 21.8 Å². The molecule has 0 saturated heterocycles. The van der Waals surface area contributed by atoms with Gasteiger partial charge in [-0.2, -0.15) is 13.2 Å². The van der Waals surface area contributed by atoms with Gasteiger partial charge in [0.2, 0.25) is 10.0 Å². The van der Waals surface area contributed by atoms with Crippen LogP contribution in [0.5, 0.6) is 0 Å². The molecule has 182 valence electrons. The maximum atomic E-state index is 12.8. The highest BCUT2D eigenvalue weighted by molar-refractivity contribution is 7.89. The molecule has 0 radical (unpaired) electrons. The third-order valence-corrected chi connectivity index (χ3v) is 8.30. The van der Waals surface area contributed by atoms with E-state index in [1.807, 2.05) is 6.08 Å². The van der Waals surface area contributed by atoms with Gasteiger partial charge in [0, 0.05) is 20.1 Å². The van der Waals surface area contributed by atoms with E-state index in [1.54, 1.807) is 0 Å². The van der Waals surface area contributed by atoms with Crippen molar-refractivity contribution >= 4 is 10.0 Å². The summed E-state index contributed by atoms with van der Waals surface area (Å²) in [6.07, 6.45) is 6.59. The summed E-state index contributed by atoms with van der Waals surface area (Å²) in [6.45, 7) is 6.18. The summed E-state index contributed by atoms with van der Waals surface area (Å²) in [4.78, 5) is 2.17. The molecule has 8 heteroatoms. The Hall–Kier alpha value is -1.38. The lowest BCUT2D eigenvalue weighted by atomic mass is 9.80. The Bertz CT molecular complexity index is 802. The molecule has 0 spiro atoms. The molecule has 0 aliphatic heterocycles. The third-order valence-electron chi connectivity index (χ3n) is 6.46. The van der Waals surface area contributed by atoms with E-state index in [-0.39, 0.29) is 4.90 Å². The summed E-state index contributed by atoms with van der Waals surface area (Å²) in [5, 5.41) is 0. The molecule has 4 nitrogen and oxygen atoms in total. The quantitative estimate of drug-likeness (QED) is 0.284. The molecule has 0 unspecified atom stereocenters. The number of hydrogen-bond donors (Lipinski definition) is 0. The predicted molar refractivity (Wildman–Crippen MR) is 123 cm³/mol. The van der Waals surface area contributed by atoms with Crippen LogP contribution < -0.4 is 0 Å². The van der Waals surface area contributed by atoms with Crippen molar-refractivity contribution < 1.29 is 21.6 Å². The molecular formula is C24H37F3N2O2S. The Balaban J connectivity index is 1.73. The number of hydrogen-bond acceptors (Lipinski definition) is 3. The van der Waals surface area contributed by atoms with Crippen molar-refractivity contribution in [2.75, 3.05) is 33.7 Å². The van der Waals surface area contributed by atoms with Crippen molar-refractivity contribution in [3.8, 4) is 0 Å². The minimum absolute atomic E-state index is 0.0968. The summed E-state index contributed by atoms with van der Waals surface area (Å²) < 4.78 is 65.0. The van der Waals surface area contributed by atoms with Crippen molar-refractivity contribution in [2.24, 2.45) is 11.8 Å². The second kappa shape index (κ2) is 12.2. The van der Waals surface area contributed by atoms with E-state index in [9.17, 15) is 21.6 Å². The minimum atomic E-state index is -4.48. The van der Waals surface area contributed by atoms with E-state index in [4.69, 9.17) is 0 Å². The van der Waals surface area contributed by atoms with Crippen LogP contribution in [0, 0.1) is 11.8 Å². The first-order valence-electron chi connectivity index (χ1n) is 11.5. The first kappa shape index (κ1) is 26.9. The minimum Gasteiger partial charge on any atom is -0.303 e. The van der Waals surface area contributed by atoms with Crippen LogP contribution in [0.2, 0.25) is 0 Å². The van der Waals surface area contributed by atoms with E-state index in [2.05, 4.69) is 18.5 Å². The maximum absolute atomic E-state index is 12.8. The molecule has 0 atom stereocenters. The molecule has 0 aromatic heterocycles. The van der Waals surface area contributed by atoms with Gasteiger partial charge in [-0.05, 0) is 69.0 Å². The summed E-state index contributed by atoms with van der Waals surface area (Å²) >= 11 is 0. The lowest BCUT2D eigenvalue weighted by Crippen LogP contribution is -2.33. The van der Waals surface area contributed by atoms with Gasteiger partial charge < -0.3 is 4.90 Å². The van der Waals surface area contributed by atoms with Gasteiger partial charge in [-0.25, -0.2) is 12.7 Å². The zero-order chi connectivity index (χ0) is 23.8. The van der Waals surface area contributed by atoms with Crippen LogP contribution in [0.4, 0.5) is 13.2 Å². The van der Waals surface area contributed by atoms with Gasteiger partial charge in [0.1, 0.15) is 0 Å². The van der Waals surface area contributed by atoms with Gasteiger partial charge in [0.25, 0.3) is 0 Å². The fourth-order valence-corrected chi connectivity index (χ4v) is 5.71. The average Bonchev–Trinajstić information content (AvgIpc) is 2.74.